The number of thiazole rings is 1. The molecule has 3 rings (SSSR count). The summed E-state index contributed by atoms with van der Waals surface area (Å²) in [5, 5.41) is 2.90. The maximum Gasteiger partial charge on any atom is 0.357 e. The minimum atomic E-state index is -0.429. The van der Waals surface area contributed by atoms with Crippen molar-refractivity contribution in [1.29, 1.82) is 0 Å². The number of benzene rings is 1. The first-order valence-electron chi connectivity index (χ1n) is 8.32. The van der Waals surface area contributed by atoms with Crippen molar-refractivity contribution >= 4 is 46.6 Å². The zero-order valence-corrected chi connectivity index (χ0v) is 16.9. The molecular formula is C18H19ClN2O3S2. The summed E-state index contributed by atoms with van der Waals surface area (Å²) in [6.45, 7) is 2.72. The lowest BCUT2D eigenvalue weighted by Crippen LogP contribution is -2.30. The molecule has 8 heteroatoms. The lowest BCUT2D eigenvalue weighted by Gasteiger charge is -2.23. The lowest BCUT2D eigenvalue weighted by atomic mass is 10.1. The maximum absolute atomic E-state index is 13.1. The third-order valence-corrected chi connectivity index (χ3v) is 6.21. The van der Waals surface area contributed by atoms with Crippen molar-refractivity contribution in [3.05, 3.63) is 44.9 Å². The molecule has 1 fully saturated rings. The first-order chi connectivity index (χ1) is 12.5. The number of likely N-dealkylation sites (tertiary alicyclic amines) is 1. The average Bonchev–Trinajstić information content (AvgIpc) is 3.31. The second kappa shape index (κ2) is 8.41. The number of carbonyl (C=O) groups is 2. The van der Waals surface area contributed by atoms with E-state index in [1.807, 2.05) is 18.4 Å². The third kappa shape index (κ3) is 3.89. The summed E-state index contributed by atoms with van der Waals surface area (Å²) in [5.74, 6) is -0.525. The van der Waals surface area contributed by atoms with E-state index in [4.69, 9.17) is 16.3 Å². The van der Waals surface area contributed by atoms with Crippen molar-refractivity contribution < 1.29 is 14.3 Å². The second-order valence-corrected chi connectivity index (χ2v) is 7.97. The molecule has 0 N–H and O–H groups in total. The Kier molecular flexibility index (Phi) is 6.21. The molecule has 138 valence electrons. The summed E-state index contributed by atoms with van der Waals surface area (Å²) in [6.07, 6.45) is 3.68. The summed E-state index contributed by atoms with van der Waals surface area (Å²) >= 11 is 9.22. The predicted molar refractivity (Wildman–Crippen MR) is 104 cm³/mol. The van der Waals surface area contributed by atoms with Gasteiger partial charge in [-0.3, -0.25) is 4.79 Å². The van der Waals surface area contributed by atoms with Gasteiger partial charge >= 0.3 is 5.97 Å². The van der Waals surface area contributed by atoms with Gasteiger partial charge in [0, 0.05) is 16.8 Å². The molecule has 1 aliphatic heterocycles. The molecule has 1 aromatic heterocycles. The topological polar surface area (TPSA) is 59.5 Å². The molecule has 1 aliphatic rings. The summed E-state index contributed by atoms with van der Waals surface area (Å²) in [5.41, 5.74) is 0.807. The minimum absolute atomic E-state index is 0.0960. The summed E-state index contributed by atoms with van der Waals surface area (Å²) in [6, 6.07) is 5.35. The van der Waals surface area contributed by atoms with E-state index in [2.05, 4.69) is 4.98 Å². The van der Waals surface area contributed by atoms with Gasteiger partial charge in [0.05, 0.1) is 23.2 Å². The van der Waals surface area contributed by atoms with Gasteiger partial charge in [-0.15, -0.1) is 23.1 Å². The van der Waals surface area contributed by atoms with E-state index in [-0.39, 0.29) is 11.9 Å². The molecule has 0 spiro atoms. The Labute approximate surface area is 165 Å². The molecule has 0 unspecified atom stereocenters. The standard InChI is InChI=1S/C18H19ClN2O3S2/c1-3-24-18(23)14-10-26-16(20-14)15-5-4-8-21(15)17(22)12-9-11(25-2)6-7-13(12)19/h6-7,9-10,15H,3-5,8H2,1-2H3/t15-/m0/s1. The van der Waals surface area contributed by atoms with Crippen LogP contribution in [0.3, 0.4) is 0 Å². The molecular weight excluding hydrogens is 392 g/mol. The number of nitrogens with zero attached hydrogens (tertiary/aromatic N) is 2. The Morgan fingerprint density at radius 3 is 3.00 bits per heavy atom. The fraction of sp³-hybridized carbons (Fsp3) is 0.389. The average molecular weight is 411 g/mol. The first kappa shape index (κ1) is 19.2. The van der Waals surface area contributed by atoms with Crippen LogP contribution in [0, 0.1) is 0 Å². The van der Waals surface area contributed by atoms with Crippen LogP contribution in [0.15, 0.2) is 28.5 Å². The van der Waals surface area contributed by atoms with Gasteiger partial charge in [0.15, 0.2) is 5.69 Å². The van der Waals surface area contributed by atoms with E-state index < -0.39 is 5.97 Å². The Balaban J connectivity index is 1.84. The molecule has 0 saturated carbocycles. The van der Waals surface area contributed by atoms with Crippen molar-refractivity contribution in [3.8, 4) is 0 Å². The van der Waals surface area contributed by atoms with Gasteiger partial charge in [0.2, 0.25) is 0 Å². The van der Waals surface area contributed by atoms with Crippen LogP contribution in [0.5, 0.6) is 0 Å². The molecule has 2 aromatic rings. The highest BCUT2D eigenvalue weighted by Crippen LogP contribution is 2.36. The van der Waals surface area contributed by atoms with E-state index in [0.717, 1.165) is 22.7 Å². The van der Waals surface area contributed by atoms with Crippen molar-refractivity contribution in [1.82, 2.24) is 9.88 Å². The Morgan fingerprint density at radius 2 is 2.27 bits per heavy atom. The molecule has 1 amide bonds. The number of rotatable bonds is 5. The zero-order valence-electron chi connectivity index (χ0n) is 14.5. The number of hydrogen-bond donors (Lipinski definition) is 0. The lowest BCUT2D eigenvalue weighted by molar-refractivity contribution is 0.0520. The summed E-state index contributed by atoms with van der Waals surface area (Å²) < 4.78 is 4.99. The second-order valence-electron chi connectivity index (χ2n) is 5.79. The van der Waals surface area contributed by atoms with Crippen LogP contribution < -0.4 is 0 Å². The predicted octanol–water partition coefficient (Wildman–Crippen LogP) is 4.67. The molecule has 26 heavy (non-hydrogen) atoms. The van der Waals surface area contributed by atoms with E-state index in [9.17, 15) is 9.59 Å². The maximum atomic E-state index is 13.1. The van der Waals surface area contributed by atoms with Crippen molar-refractivity contribution in [2.45, 2.75) is 30.7 Å². The highest BCUT2D eigenvalue weighted by atomic mass is 35.5. The number of aromatic nitrogens is 1. The Bertz CT molecular complexity index is 825. The van der Waals surface area contributed by atoms with Crippen LogP contribution in [-0.2, 0) is 4.74 Å². The number of thioether (sulfide) groups is 1. The molecule has 5 nitrogen and oxygen atoms in total. The number of carbonyl (C=O) groups excluding carboxylic acids is 2. The molecule has 1 atom stereocenters. The van der Waals surface area contributed by atoms with Crippen molar-refractivity contribution in [3.63, 3.8) is 0 Å². The molecule has 1 aromatic carbocycles. The third-order valence-electron chi connectivity index (χ3n) is 4.21. The Hall–Kier alpha value is -1.57. The Morgan fingerprint density at radius 1 is 1.46 bits per heavy atom. The number of halogens is 1. The fourth-order valence-corrected chi connectivity index (χ4v) is 4.53. The van der Waals surface area contributed by atoms with Crippen LogP contribution in [0.25, 0.3) is 0 Å². The number of ether oxygens (including phenoxy) is 1. The van der Waals surface area contributed by atoms with Gasteiger partial charge in [0.1, 0.15) is 5.01 Å². The highest BCUT2D eigenvalue weighted by Gasteiger charge is 2.34. The normalized spacial score (nSPS) is 16.7. The minimum Gasteiger partial charge on any atom is -0.461 e. The molecule has 0 bridgehead atoms. The largest absolute Gasteiger partial charge is 0.461 e. The van der Waals surface area contributed by atoms with Gasteiger partial charge in [-0.2, -0.15) is 0 Å². The number of amides is 1. The molecule has 0 aliphatic carbocycles. The van der Waals surface area contributed by atoms with Gasteiger partial charge in [0.25, 0.3) is 5.91 Å². The van der Waals surface area contributed by atoms with Crippen LogP contribution in [0.2, 0.25) is 5.02 Å². The van der Waals surface area contributed by atoms with Gasteiger partial charge < -0.3 is 9.64 Å². The highest BCUT2D eigenvalue weighted by molar-refractivity contribution is 7.98. The van der Waals surface area contributed by atoms with Crippen LogP contribution in [0.1, 0.15) is 51.7 Å². The van der Waals surface area contributed by atoms with Crippen molar-refractivity contribution in [2.75, 3.05) is 19.4 Å². The van der Waals surface area contributed by atoms with Crippen LogP contribution in [0.4, 0.5) is 0 Å². The molecule has 2 heterocycles. The van der Waals surface area contributed by atoms with E-state index >= 15 is 0 Å². The van der Waals surface area contributed by atoms with Gasteiger partial charge in [-0.25, -0.2) is 9.78 Å². The van der Waals surface area contributed by atoms with Gasteiger partial charge in [-0.05, 0) is 44.2 Å². The van der Waals surface area contributed by atoms with E-state index in [1.165, 1.54) is 11.3 Å². The van der Waals surface area contributed by atoms with Crippen molar-refractivity contribution in [2.24, 2.45) is 0 Å². The number of hydrogen-bond acceptors (Lipinski definition) is 6. The molecule has 0 radical (unpaired) electrons. The summed E-state index contributed by atoms with van der Waals surface area (Å²) in [4.78, 5) is 32.1. The number of esters is 1. The fourth-order valence-electron chi connectivity index (χ4n) is 2.96. The zero-order chi connectivity index (χ0) is 18.7. The monoisotopic (exact) mass is 410 g/mol. The molecule has 1 saturated heterocycles. The first-order valence-corrected chi connectivity index (χ1v) is 10.8. The van der Waals surface area contributed by atoms with E-state index in [1.54, 1.807) is 35.0 Å². The smallest absolute Gasteiger partial charge is 0.357 e. The van der Waals surface area contributed by atoms with Gasteiger partial charge in [-0.1, -0.05) is 11.6 Å². The summed E-state index contributed by atoms with van der Waals surface area (Å²) in [7, 11) is 0. The van der Waals surface area contributed by atoms with E-state index in [0.29, 0.717) is 29.4 Å². The van der Waals surface area contributed by atoms with Crippen LogP contribution in [-0.4, -0.2) is 41.2 Å². The SMILES string of the molecule is CCOC(=O)c1csc([C@@H]2CCCN2C(=O)c2cc(SC)ccc2Cl)n1. The quantitative estimate of drug-likeness (QED) is 0.529. The van der Waals surface area contributed by atoms with Crippen LogP contribution >= 0.6 is 34.7 Å².